The molecule has 8 heteroatoms. The fraction of sp³-hybridized carbons (Fsp3) is 0.133. The van der Waals surface area contributed by atoms with Crippen LogP contribution in [0.5, 0.6) is 0 Å². The summed E-state index contributed by atoms with van der Waals surface area (Å²) in [6.45, 7) is 3.77. The van der Waals surface area contributed by atoms with Gasteiger partial charge in [-0.05, 0) is 43.2 Å². The van der Waals surface area contributed by atoms with Gasteiger partial charge in [0.25, 0.3) is 15.7 Å². The number of nitro benzene ring substituents is 1. The third-order valence-electron chi connectivity index (χ3n) is 3.73. The molecule has 0 N–H and O–H groups in total. The molecule has 0 fully saturated rings. The van der Waals surface area contributed by atoms with E-state index < -0.39 is 20.6 Å². The number of imidazole rings is 1. The van der Waals surface area contributed by atoms with Gasteiger partial charge in [-0.25, -0.2) is 17.4 Å². The van der Waals surface area contributed by atoms with Gasteiger partial charge in [0.15, 0.2) is 4.90 Å². The highest BCUT2D eigenvalue weighted by Crippen LogP contribution is 2.28. The minimum absolute atomic E-state index is 0.359. The molecule has 2 aromatic carbocycles. The highest BCUT2D eigenvalue weighted by atomic mass is 32.2. The molecule has 0 aliphatic heterocycles. The van der Waals surface area contributed by atoms with Crippen molar-refractivity contribution >= 4 is 26.7 Å². The molecule has 0 saturated carbocycles. The third kappa shape index (κ3) is 2.36. The van der Waals surface area contributed by atoms with Crippen LogP contribution in [0.1, 0.15) is 11.1 Å². The molecule has 0 aliphatic carbocycles. The molecule has 0 spiro atoms. The lowest BCUT2D eigenvalue weighted by atomic mass is 10.1. The normalized spacial score (nSPS) is 11.7. The molecule has 0 unspecified atom stereocenters. The first-order valence-corrected chi connectivity index (χ1v) is 8.19. The number of hydrogen-bond donors (Lipinski definition) is 0. The molecule has 3 rings (SSSR count). The van der Waals surface area contributed by atoms with Crippen LogP contribution in [0.4, 0.5) is 5.69 Å². The van der Waals surface area contributed by atoms with Crippen LogP contribution in [0.2, 0.25) is 0 Å². The van der Waals surface area contributed by atoms with Gasteiger partial charge in [-0.15, -0.1) is 0 Å². The number of rotatable bonds is 3. The number of nitro groups is 1. The fourth-order valence-corrected chi connectivity index (χ4v) is 3.81. The van der Waals surface area contributed by atoms with Crippen LogP contribution in [-0.2, 0) is 10.0 Å². The average molecular weight is 331 g/mol. The van der Waals surface area contributed by atoms with Gasteiger partial charge in [-0.1, -0.05) is 12.1 Å². The van der Waals surface area contributed by atoms with Gasteiger partial charge in [-0.2, -0.15) is 0 Å². The van der Waals surface area contributed by atoms with Crippen LogP contribution >= 0.6 is 0 Å². The smallest absolute Gasteiger partial charge is 0.258 e. The maximum absolute atomic E-state index is 12.8. The van der Waals surface area contributed by atoms with E-state index >= 15 is 0 Å². The van der Waals surface area contributed by atoms with Crippen molar-refractivity contribution in [3.05, 3.63) is 64.0 Å². The van der Waals surface area contributed by atoms with Crippen molar-refractivity contribution < 1.29 is 13.3 Å². The average Bonchev–Trinajstić information content (AvgIpc) is 2.91. The Hall–Kier alpha value is -2.74. The Morgan fingerprint density at radius 1 is 1.13 bits per heavy atom. The predicted molar refractivity (Wildman–Crippen MR) is 84.9 cm³/mol. The fourth-order valence-electron chi connectivity index (χ4n) is 2.37. The number of aromatic nitrogens is 2. The van der Waals surface area contributed by atoms with E-state index in [1.807, 2.05) is 13.8 Å². The second-order valence-electron chi connectivity index (χ2n) is 5.20. The van der Waals surface area contributed by atoms with Crippen LogP contribution in [0.25, 0.3) is 11.0 Å². The molecule has 1 aromatic heterocycles. The first-order chi connectivity index (χ1) is 10.8. The van der Waals surface area contributed by atoms with E-state index in [1.54, 1.807) is 12.1 Å². The van der Waals surface area contributed by atoms with Crippen molar-refractivity contribution in [2.45, 2.75) is 18.7 Å². The standard InChI is InChI=1S/C15H13N3O4S/c1-10-7-12-14(8-11(10)2)17(9-16-12)23(21,22)15-6-4-3-5-13(15)18(19)20/h3-9H,1-2H3. The number of para-hydroxylation sites is 1. The van der Waals surface area contributed by atoms with E-state index in [0.717, 1.165) is 15.1 Å². The zero-order valence-corrected chi connectivity index (χ0v) is 13.2. The molecule has 0 bridgehead atoms. The van der Waals surface area contributed by atoms with Crippen molar-refractivity contribution in [1.29, 1.82) is 0 Å². The number of nitrogens with zero attached hydrogens (tertiary/aromatic N) is 3. The van der Waals surface area contributed by atoms with Crippen LogP contribution in [-0.4, -0.2) is 22.3 Å². The quantitative estimate of drug-likeness (QED) is 0.543. The van der Waals surface area contributed by atoms with Gasteiger partial charge >= 0.3 is 0 Å². The van der Waals surface area contributed by atoms with E-state index in [0.29, 0.717) is 11.0 Å². The summed E-state index contributed by atoms with van der Waals surface area (Å²) >= 11 is 0. The van der Waals surface area contributed by atoms with Gasteiger partial charge < -0.3 is 0 Å². The highest BCUT2D eigenvalue weighted by Gasteiger charge is 2.28. The molecule has 0 atom stereocenters. The molecule has 0 radical (unpaired) electrons. The SMILES string of the molecule is Cc1cc2ncn(S(=O)(=O)c3ccccc3[N+](=O)[O-])c2cc1C. The molecule has 0 saturated heterocycles. The minimum Gasteiger partial charge on any atom is -0.258 e. The second kappa shape index (κ2) is 5.17. The molecular weight excluding hydrogens is 318 g/mol. The summed E-state index contributed by atoms with van der Waals surface area (Å²) in [5, 5.41) is 11.1. The van der Waals surface area contributed by atoms with Crippen molar-refractivity contribution in [1.82, 2.24) is 8.96 Å². The Bertz CT molecular complexity index is 1040. The van der Waals surface area contributed by atoms with E-state index in [4.69, 9.17) is 0 Å². The maximum atomic E-state index is 12.8. The van der Waals surface area contributed by atoms with E-state index in [-0.39, 0.29) is 4.90 Å². The first-order valence-electron chi connectivity index (χ1n) is 6.75. The summed E-state index contributed by atoms with van der Waals surface area (Å²) < 4.78 is 26.7. The summed E-state index contributed by atoms with van der Waals surface area (Å²) in [5.74, 6) is 0. The zero-order valence-electron chi connectivity index (χ0n) is 12.4. The van der Waals surface area contributed by atoms with Gasteiger partial charge in [0.1, 0.15) is 6.33 Å². The zero-order chi connectivity index (χ0) is 16.8. The van der Waals surface area contributed by atoms with Gasteiger partial charge in [-0.3, -0.25) is 10.1 Å². The molecule has 23 heavy (non-hydrogen) atoms. The Balaban J connectivity index is 2.30. The molecule has 3 aromatic rings. The monoisotopic (exact) mass is 331 g/mol. The number of aryl methyl sites for hydroxylation is 2. The van der Waals surface area contributed by atoms with Crippen molar-refractivity contribution in [3.8, 4) is 0 Å². The molecular formula is C15H13N3O4S. The largest absolute Gasteiger partial charge is 0.289 e. The summed E-state index contributed by atoms with van der Waals surface area (Å²) in [4.78, 5) is 14.2. The number of fused-ring (bicyclic) bond motifs is 1. The van der Waals surface area contributed by atoms with E-state index in [1.165, 1.54) is 30.6 Å². The van der Waals surface area contributed by atoms with Crippen molar-refractivity contribution in [3.63, 3.8) is 0 Å². The molecule has 0 aliphatic rings. The van der Waals surface area contributed by atoms with Crippen molar-refractivity contribution in [2.75, 3.05) is 0 Å². The van der Waals surface area contributed by atoms with Gasteiger partial charge in [0.2, 0.25) is 0 Å². The van der Waals surface area contributed by atoms with E-state index in [9.17, 15) is 18.5 Å². The lowest BCUT2D eigenvalue weighted by molar-refractivity contribution is -0.387. The third-order valence-corrected chi connectivity index (χ3v) is 5.44. The van der Waals surface area contributed by atoms with E-state index in [2.05, 4.69) is 4.98 Å². The van der Waals surface area contributed by atoms with Crippen LogP contribution in [0.15, 0.2) is 47.6 Å². The molecule has 7 nitrogen and oxygen atoms in total. The number of benzene rings is 2. The maximum Gasteiger partial charge on any atom is 0.289 e. The molecule has 0 amide bonds. The van der Waals surface area contributed by atoms with Crippen molar-refractivity contribution in [2.24, 2.45) is 0 Å². The topological polar surface area (TPSA) is 95.1 Å². The van der Waals surface area contributed by atoms with Gasteiger partial charge in [0.05, 0.1) is 16.0 Å². The first kappa shape index (κ1) is 15.2. The Morgan fingerprint density at radius 3 is 2.48 bits per heavy atom. The predicted octanol–water partition coefficient (Wildman–Crippen LogP) is 2.80. The summed E-state index contributed by atoms with van der Waals surface area (Å²) in [7, 11) is -4.12. The summed E-state index contributed by atoms with van der Waals surface area (Å²) in [6, 6.07) is 8.77. The second-order valence-corrected chi connectivity index (χ2v) is 6.98. The summed E-state index contributed by atoms with van der Waals surface area (Å²) in [6.07, 6.45) is 1.18. The van der Waals surface area contributed by atoms with Gasteiger partial charge in [0, 0.05) is 6.07 Å². The Kier molecular flexibility index (Phi) is 3.41. The van der Waals surface area contributed by atoms with Crippen LogP contribution in [0.3, 0.4) is 0 Å². The minimum atomic E-state index is -4.12. The van der Waals surface area contributed by atoms with Crippen LogP contribution in [0, 0.1) is 24.0 Å². The van der Waals surface area contributed by atoms with Crippen LogP contribution < -0.4 is 0 Å². The summed E-state index contributed by atoms with van der Waals surface area (Å²) in [5.41, 5.74) is 2.36. The lowest BCUT2D eigenvalue weighted by Gasteiger charge is -2.08. The molecule has 1 heterocycles. The number of hydrogen-bond acceptors (Lipinski definition) is 5. The Morgan fingerprint density at radius 2 is 1.78 bits per heavy atom. The Labute approximate surface area is 132 Å². The highest BCUT2D eigenvalue weighted by molar-refractivity contribution is 7.90. The molecule has 118 valence electrons. The lowest BCUT2D eigenvalue weighted by Crippen LogP contribution is -2.13.